The van der Waals surface area contributed by atoms with E-state index in [1.54, 1.807) is 28.0 Å². The van der Waals surface area contributed by atoms with Crippen molar-refractivity contribution in [2.45, 2.75) is 12.6 Å². The Morgan fingerprint density at radius 2 is 2.12 bits per heavy atom. The van der Waals surface area contributed by atoms with Crippen LogP contribution in [0.1, 0.15) is 27.9 Å². The first kappa shape index (κ1) is 22.9. The molecule has 2 fully saturated rings. The van der Waals surface area contributed by atoms with Crippen LogP contribution in [0, 0.1) is 22.7 Å². The molecule has 0 spiro atoms. The number of hydrogen-bond donors (Lipinski definition) is 1. The zero-order valence-electron chi connectivity index (χ0n) is 18.0. The first-order chi connectivity index (χ1) is 15.7. The lowest BCUT2D eigenvalue weighted by Gasteiger charge is -2.42. The number of nitriles is 1. The third kappa shape index (κ3) is 4.20. The van der Waals surface area contributed by atoms with Gasteiger partial charge in [-0.2, -0.15) is 18.4 Å². The summed E-state index contributed by atoms with van der Waals surface area (Å²) in [6.07, 6.45) is -2.66. The number of carbonyl (C=O) groups is 1. The van der Waals surface area contributed by atoms with Gasteiger partial charge in [0.15, 0.2) is 0 Å². The zero-order chi connectivity index (χ0) is 23.8. The predicted octanol–water partition coefficient (Wildman–Crippen LogP) is 2.94. The number of aromatic nitrogens is 1. The molecular formula is C23H23F3N4O3. The van der Waals surface area contributed by atoms with Crippen LogP contribution in [-0.2, 0) is 6.18 Å². The molecule has 1 aromatic heterocycles. The zero-order valence-corrected chi connectivity index (χ0v) is 18.0. The lowest BCUT2D eigenvalue weighted by molar-refractivity contribution is -0.137. The van der Waals surface area contributed by atoms with Crippen molar-refractivity contribution in [3.05, 3.63) is 53.2 Å². The van der Waals surface area contributed by atoms with Gasteiger partial charge in [0.2, 0.25) is 5.88 Å². The van der Waals surface area contributed by atoms with Crippen LogP contribution in [0.15, 0.2) is 36.5 Å². The lowest BCUT2D eigenvalue weighted by atomic mass is 9.73. The van der Waals surface area contributed by atoms with Crippen LogP contribution in [0.5, 0.6) is 5.88 Å². The second kappa shape index (κ2) is 8.56. The molecule has 174 valence electrons. The summed E-state index contributed by atoms with van der Waals surface area (Å²) in [5.74, 6) is 0.0980. The number of ether oxygens (including phenoxy) is 1. The SMILES string of the molecule is COc1ccc(C(=O)N2CC[C@@]3(CO)CN(c4ccc(C#N)c(C(F)(F)F)c4)C[C@H]3C2)cn1. The Labute approximate surface area is 189 Å². The van der Waals surface area contributed by atoms with Crippen molar-refractivity contribution in [1.29, 1.82) is 5.26 Å². The fourth-order valence-corrected chi connectivity index (χ4v) is 4.79. The number of aliphatic hydroxyl groups excluding tert-OH is 1. The third-order valence-electron chi connectivity index (χ3n) is 6.72. The number of fused-ring (bicyclic) bond motifs is 1. The number of aliphatic hydroxyl groups is 1. The van der Waals surface area contributed by atoms with Gasteiger partial charge in [0, 0.05) is 55.5 Å². The van der Waals surface area contributed by atoms with Crippen molar-refractivity contribution in [2.24, 2.45) is 11.3 Å². The van der Waals surface area contributed by atoms with Crippen LogP contribution in [-0.4, -0.2) is 60.8 Å². The van der Waals surface area contributed by atoms with E-state index in [0.29, 0.717) is 49.7 Å². The van der Waals surface area contributed by atoms with Crippen LogP contribution in [0.3, 0.4) is 0 Å². The first-order valence-corrected chi connectivity index (χ1v) is 10.5. The normalized spacial score (nSPS) is 22.6. The van der Waals surface area contributed by atoms with Gasteiger partial charge in [-0.05, 0) is 30.7 Å². The van der Waals surface area contributed by atoms with Crippen LogP contribution in [0.2, 0.25) is 0 Å². The number of amides is 1. The van der Waals surface area contributed by atoms with Crippen molar-refractivity contribution < 1.29 is 27.8 Å². The summed E-state index contributed by atoms with van der Waals surface area (Å²) in [5.41, 5.74) is -1.14. The van der Waals surface area contributed by atoms with Crippen LogP contribution in [0.25, 0.3) is 0 Å². The summed E-state index contributed by atoms with van der Waals surface area (Å²) in [7, 11) is 1.49. The first-order valence-electron chi connectivity index (χ1n) is 10.5. The molecule has 7 nitrogen and oxygen atoms in total. The highest BCUT2D eigenvalue weighted by Gasteiger charge is 2.50. The number of methoxy groups -OCH3 is 1. The Bertz CT molecular complexity index is 1080. The molecule has 0 radical (unpaired) electrons. The standard InChI is InChI=1S/C23H23F3N4O3/c1-33-20-5-3-16(10-28-20)21(32)29-7-6-22(14-31)13-30(12-17(22)11-29)18-4-2-15(9-27)19(8-18)23(24,25)26/h2-5,8,10,17,31H,6-7,11-14H2,1H3/t17-,22+/m1/s1. The summed E-state index contributed by atoms with van der Waals surface area (Å²) in [4.78, 5) is 20.5. The van der Waals surface area contributed by atoms with E-state index in [4.69, 9.17) is 10.00 Å². The average Bonchev–Trinajstić information content (AvgIpc) is 3.22. The van der Waals surface area contributed by atoms with Gasteiger partial charge < -0.3 is 19.6 Å². The highest BCUT2D eigenvalue weighted by atomic mass is 19.4. The molecule has 2 saturated heterocycles. The summed E-state index contributed by atoms with van der Waals surface area (Å²) < 4.78 is 45.3. The van der Waals surface area contributed by atoms with Gasteiger partial charge in [0.05, 0.1) is 36.5 Å². The minimum Gasteiger partial charge on any atom is -0.481 e. The summed E-state index contributed by atoms with van der Waals surface area (Å²) in [6.45, 7) is 1.46. The quantitative estimate of drug-likeness (QED) is 0.755. The largest absolute Gasteiger partial charge is 0.481 e. The van der Waals surface area contributed by atoms with Crippen LogP contribution >= 0.6 is 0 Å². The number of carbonyl (C=O) groups excluding carboxylic acids is 1. The van der Waals surface area contributed by atoms with E-state index in [1.807, 2.05) is 0 Å². The van der Waals surface area contributed by atoms with Crippen molar-refractivity contribution in [3.63, 3.8) is 0 Å². The highest BCUT2D eigenvalue weighted by Crippen LogP contribution is 2.45. The monoisotopic (exact) mass is 460 g/mol. The number of likely N-dealkylation sites (tertiary alicyclic amines) is 1. The van der Waals surface area contributed by atoms with Gasteiger partial charge in [-0.1, -0.05) is 0 Å². The van der Waals surface area contributed by atoms with E-state index in [-0.39, 0.29) is 18.4 Å². The van der Waals surface area contributed by atoms with Gasteiger partial charge in [0.1, 0.15) is 0 Å². The molecule has 3 heterocycles. The Hall–Kier alpha value is -3.32. The number of anilines is 1. The number of halogens is 3. The van der Waals surface area contributed by atoms with E-state index in [9.17, 15) is 23.1 Å². The average molecular weight is 460 g/mol. The molecule has 0 aliphatic carbocycles. The van der Waals surface area contributed by atoms with Gasteiger partial charge >= 0.3 is 6.18 Å². The number of pyridine rings is 1. The van der Waals surface area contributed by atoms with E-state index in [0.717, 1.165) is 6.07 Å². The number of piperidine rings is 1. The molecule has 33 heavy (non-hydrogen) atoms. The second-order valence-corrected chi connectivity index (χ2v) is 8.53. The highest BCUT2D eigenvalue weighted by molar-refractivity contribution is 5.94. The van der Waals surface area contributed by atoms with Gasteiger partial charge in [0.25, 0.3) is 5.91 Å². The lowest BCUT2D eigenvalue weighted by Crippen LogP contribution is -2.50. The van der Waals surface area contributed by atoms with E-state index < -0.39 is 22.7 Å². The number of nitrogens with zero attached hydrogens (tertiary/aromatic N) is 4. The maximum Gasteiger partial charge on any atom is 0.417 e. The van der Waals surface area contributed by atoms with E-state index in [2.05, 4.69) is 4.98 Å². The maximum absolute atomic E-state index is 13.4. The van der Waals surface area contributed by atoms with Gasteiger partial charge in [-0.15, -0.1) is 0 Å². The minimum absolute atomic E-state index is 0.114. The maximum atomic E-state index is 13.4. The van der Waals surface area contributed by atoms with Crippen LogP contribution in [0.4, 0.5) is 18.9 Å². The Balaban J connectivity index is 1.55. The van der Waals surface area contributed by atoms with Crippen LogP contribution < -0.4 is 9.64 Å². The molecule has 1 aromatic carbocycles. The van der Waals surface area contributed by atoms with Crippen molar-refractivity contribution in [2.75, 3.05) is 44.8 Å². The molecular weight excluding hydrogens is 437 g/mol. The number of hydrogen-bond acceptors (Lipinski definition) is 6. The molecule has 1 amide bonds. The Morgan fingerprint density at radius 3 is 2.73 bits per heavy atom. The smallest absolute Gasteiger partial charge is 0.417 e. The Morgan fingerprint density at radius 1 is 1.33 bits per heavy atom. The second-order valence-electron chi connectivity index (χ2n) is 8.53. The Kier molecular flexibility index (Phi) is 5.93. The number of rotatable bonds is 4. The molecule has 2 aliphatic rings. The minimum atomic E-state index is -4.64. The molecule has 0 bridgehead atoms. The third-order valence-corrected chi connectivity index (χ3v) is 6.72. The molecule has 2 aromatic rings. The molecule has 1 N–H and O–H groups in total. The molecule has 10 heteroatoms. The van der Waals surface area contributed by atoms with Crippen molar-refractivity contribution >= 4 is 11.6 Å². The molecule has 4 rings (SSSR count). The molecule has 0 unspecified atom stereocenters. The number of alkyl halides is 3. The molecule has 0 saturated carbocycles. The van der Waals surface area contributed by atoms with Gasteiger partial charge in [-0.25, -0.2) is 4.98 Å². The topological polar surface area (TPSA) is 89.7 Å². The fourth-order valence-electron chi connectivity index (χ4n) is 4.79. The summed E-state index contributed by atoms with van der Waals surface area (Å²) >= 11 is 0. The number of benzene rings is 1. The fraction of sp³-hybridized carbons (Fsp3) is 0.435. The summed E-state index contributed by atoms with van der Waals surface area (Å²) in [5, 5.41) is 19.2. The van der Waals surface area contributed by atoms with Crippen molar-refractivity contribution in [1.82, 2.24) is 9.88 Å². The van der Waals surface area contributed by atoms with Gasteiger partial charge in [-0.3, -0.25) is 4.79 Å². The van der Waals surface area contributed by atoms with Crippen molar-refractivity contribution in [3.8, 4) is 11.9 Å². The molecule has 2 atom stereocenters. The molecule has 2 aliphatic heterocycles. The van der Waals surface area contributed by atoms with E-state index in [1.165, 1.54) is 25.4 Å². The van der Waals surface area contributed by atoms with E-state index >= 15 is 0 Å². The summed E-state index contributed by atoms with van der Waals surface area (Å²) in [6, 6.07) is 8.51. The predicted molar refractivity (Wildman–Crippen MR) is 113 cm³/mol.